The van der Waals surface area contributed by atoms with Crippen LogP contribution in [-0.2, 0) is 23.8 Å². The number of amides is 1. The second kappa shape index (κ2) is 6.83. The SMILES string of the molecule is CCOC(=O)[C@@]1(C)C=C[C@](C)(C(=O)OCC)N1C(=O)OC(C)(C)C. The number of carbonyl (C=O) groups excluding carboxylic acids is 3. The summed E-state index contributed by atoms with van der Waals surface area (Å²) in [6, 6.07) is 0. The molecule has 0 spiro atoms. The van der Waals surface area contributed by atoms with Crippen LogP contribution in [-0.4, -0.2) is 52.8 Å². The summed E-state index contributed by atoms with van der Waals surface area (Å²) in [6.45, 7) is 11.8. The molecule has 1 rings (SSSR count). The summed E-state index contributed by atoms with van der Waals surface area (Å²) in [5.41, 5.74) is -3.70. The normalized spacial score (nSPS) is 26.2. The van der Waals surface area contributed by atoms with Gasteiger partial charge in [-0.3, -0.25) is 4.90 Å². The molecule has 24 heavy (non-hydrogen) atoms. The molecule has 1 aliphatic rings. The standard InChI is InChI=1S/C17H27NO6/c1-8-22-12(19)16(6)10-11-17(7,13(20)23-9-2)18(16)14(21)24-15(3,4)5/h10-11H,8-9H2,1-7H3/t16-,17-/m1/s1. The van der Waals surface area contributed by atoms with Crippen LogP contribution >= 0.6 is 0 Å². The fraction of sp³-hybridized carbons (Fsp3) is 0.706. The van der Waals surface area contributed by atoms with Crippen LogP contribution in [0.5, 0.6) is 0 Å². The van der Waals surface area contributed by atoms with Gasteiger partial charge in [-0.1, -0.05) is 0 Å². The maximum Gasteiger partial charge on any atom is 0.412 e. The molecule has 1 amide bonds. The molecule has 0 saturated carbocycles. The van der Waals surface area contributed by atoms with E-state index in [2.05, 4.69) is 0 Å². The van der Waals surface area contributed by atoms with Crippen molar-refractivity contribution >= 4 is 18.0 Å². The smallest absolute Gasteiger partial charge is 0.412 e. The highest BCUT2D eigenvalue weighted by Crippen LogP contribution is 2.38. The maximum absolute atomic E-state index is 12.8. The highest BCUT2D eigenvalue weighted by atomic mass is 16.6. The van der Waals surface area contributed by atoms with Gasteiger partial charge < -0.3 is 14.2 Å². The summed E-state index contributed by atoms with van der Waals surface area (Å²) in [6.07, 6.45) is 2.16. The topological polar surface area (TPSA) is 82.1 Å². The van der Waals surface area contributed by atoms with Crippen LogP contribution in [0.4, 0.5) is 4.79 Å². The molecule has 0 aromatic heterocycles. The first-order chi connectivity index (χ1) is 10.9. The number of rotatable bonds is 4. The van der Waals surface area contributed by atoms with Crippen molar-refractivity contribution in [3.8, 4) is 0 Å². The molecule has 0 aliphatic carbocycles. The molecule has 7 heteroatoms. The van der Waals surface area contributed by atoms with E-state index in [9.17, 15) is 14.4 Å². The molecule has 0 bridgehead atoms. The average Bonchev–Trinajstić information content (AvgIpc) is 2.72. The third kappa shape index (κ3) is 3.71. The Balaban J connectivity index is 3.33. The number of hydrogen-bond donors (Lipinski definition) is 0. The second-order valence-corrected chi connectivity index (χ2v) is 6.89. The van der Waals surface area contributed by atoms with Gasteiger partial charge in [0.1, 0.15) is 5.60 Å². The average molecular weight is 341 g/mol. The van der Waals surface area contributed by atoms with E-state index < -0.39 is 34.7 Å². The molecule has 0 aromatic carbocycles. The van der Waals surface area contributed by atoms with Crippen molar-refractivity contribution in [2.45, 2.75) is 65.1 Å². The minimum atomic E-state index is -1.46. The molecule has 0 aromatic rings. The van der Waals surface area contributed by atoms with Gasteiger partial charge in [0.15, 0.2) is 11.1 Å². The molecular weight excluding hydrogens is 314 g/mol. The fourth-order valence-corrected chi connectivity index (χ4v) is 2.52. The monoisotopic (exact) mass is 341 g/mol. The van der Waals surface area contributed by atoms with Gasteiger partial charge in [-0.15, -0.1) is 0 Å². The molecule has 136 valence electrons. The first kappa shape index (κ1) is 20.0. The Labute approximate surface area is 142 Å². The van der Waals surface area contributed by atoms with Crippen LogP contribution < -0.4 is 0 Å². The van der Waals surface area contributed by atoms with Crippen LogP contribution in [0.3, 0.4) is 0 Å². The van der Waals surface area contributed by atoms with E-state index >= 15 is 0 Å². The minimum absolute atomic E-state index is 0.153. The quantitative estimate of drug-likeness (QED) is 0.444. The predicted octanol–water partition coefficient (Wildman–Crippen LogP) is 2.44. The van der Waals surface area contributed by atoms with E-state index in [0.717, 1.165) is 4.90 Å². The van der Waals surface area contributed by atoms with Crippen LogP contribution in [0.1, 0.15) is 48.5 Å². The molecule has 0 unspecified atom stereocenters. The molecule has 0 radical (unpaired) electrons. The van der Waals surface area contributed by atoms with Crippen molar-refractivity contribution < 1.29 is 28.6 Å². The molecule has 1 heterocycles. The summed E-state index contributed by atoms with van der Waals surface area (Å²) in [7, 11) is 0. The molecule has 0 fully saturated rings. The van der Waals surface area contributed by atoms with Crippen molar-refractivity contribution in [2.75, 3.05) is 13.2 Å². The first-order valence-corrected chi connectivity index (χ1v) is 8.00. The summed E-state index contributed by atoms with van der Waals surface area (Å²) in [5, 5.41) is 0. The number of hydrogen-bond acceptors (Lipinski definition) is 6. The number of ether oxygens (including phenoxy) is 3. The van der Waals surface area contributed by atoms with Gasteiger partial charge in [-0.25, -0.2) is 14.4 Å². The van der Waals surface area contributed by atoms with Crippen molar-refractivity contribution in [3.63, 3.8) is 0 Å². The Bertz CT molecular complexity index is 516. The third-order valence-corrected chi connectivity index (χ3v) is 3.61. The van der Waals surface area contributed by atoms with Crippen LogP contribution in [0.25, 0.3) is 0 Å². The summed E-state index contributed by atoms with van der Waals surface area (Å²) >= 11 is 0. The van der Waals surface area contributed by atoms with E-state index in [1.54, 1.807) is 34.6 Å². The first-order valence-electron chi connectivity index (χ1n) is 8.00. The maximum atomic E-state index is 12.8. The van der Waals surface area contributed by atoms with E-state index in [1.165, 1.54) is 26.0 Å². The van der Waals surface area contributed by atoms with Gasteiger partial charge in [0.2, 0.25) is 0 Å². The molecule has 0 N–H and O–H groups in total. The predicted molar refractivity (Wildman–Crippen MR) is 87.3 cm³/mol. The van der Waals surface area contributed by atoms with E-state index in [1.807, 2.05) is 0 Å². The highest BCUT2D eigenvalue weighted by Gasteiger charge is 2.59. The molecule has 2 atom stereocenters. The summed E-state index contributed by atoms with van der Waals surface area (Å²) in [4.78, 5) is 38.7. The lowest BCUT2D eigenvalue weighted by atomic mass is 9.99. The zero-order chi connectivity index (χ0) is 18.8. The van der Waals surface area contributed by atoms with E-state index in [-0.39, 0.29) is 13.2 Å². The van der Waals surface area contributed by atoms with Gasteiger partial charge in [-0.05, 0) is 60.6 Å². The number of nitrogens with zero attached hydrogens (tertiary/aromatic N) is 1. The Morgan fingerprint density at radius 2 is 1.29 bits per heavy atom. The van der Waals surface area contributed by atoms with Crippen molar-refractivity contribution in [2.24, 2.45) is 0 Å². The minimum Gasteiger partial charge on any atom is -0.464 e. The zero-order valence-corrected chi connectivity index (χ0v) is 15.5. The Hall–Kier alpha value is -2.05. The van der Waals surface area contributed by atoms with Gasteiger partial charge in [0.25, 0.3) is 0 Å². The highest BCUT2D eigenvalue weighted by molar-refractivity contribution is 5.96. The van der Waals surface area contributed by atoms with Gasteiger partial charge in [-0.2, -0.15) is 0 Å². The van der Waals surface area contributed by atoms with Crippen LogP contribution in [0, 0.1) is 0 Å². The Morgan fingerprint density at radius 1 is 0.917 bits per heavy atom. The van der Waals surface area contributed by atoms with E-state index in [0.29, 0.717) is 0 Å². The summed E-state index contributed by atoms with van der Waals surface area (Å²) in [5.74, 6) is -1.28. The molecule has 1 aliphatic heterocycles. The third-order valence-electron chi connectivity index (χ3n) is 3.61. The lowest BCUT2D eigenvalue weighted by Crippen LogP contribution is -2.63. The van der Waals surface area contributed by atoms with E-state index in [4.69, 9.17) is 14.2 Å². The van der Waals surface area contributed by atoms with Crippen LogP contribution in [0.15, 0.2) is 12.2 Å². The lowest BCUT2D eigenvalue weighted by molar-refractivity contribution is -0.162. The molecule has 7 nitrogen and oxygen atoms in total. The zero-order valence-electron chi connectivity index (χ0n) is 15.5. The number of carbonyl (C=O) groups is 3. The van der Waals surface area contributed by atoms with Crippen molar-refractivity contribution in [1.29, 1.82) is 0 Å². The number of esters is 2. The van der Waals surface area contributed by atoms with Gasteiger partial charge in [0, 0.05) is 0 Å². The Kier molecular flexibility index (Phi) is 5.69. The molecular formula is C17H27NO6. The van der Waals surface area contributed by atoms with Crippen molar-refractivity contribution in [1.82, 2.24) is 4.90 Å². The second-order valence-electron chi connectivity index (χ2n) is 6.89. The summed E-state index contributed by atoms with van der Waals surface area (Å²) < 4.78 is 15.6. The fourth-order valence-electron chi connectivity index (χ4n) is 2.52. The van der Waals surface area contributed by atoms with Crippen molar-refractivity contribution in [3.05, 3.63) is 12.2 Å². The van der Waals surface area contributed by atoms with Gasteiger partial charge in [0.05, 0.1) is 13.2 Å². The van der Waals surface area contributed by atoms with Gasteiger partial charge >= 0.3 is 18.0 Å². The Morgan fingerprint density at radius 3 is 1.58 bits per heavy atom. The van der Waals surface area contributed by atoms with Crippen LogP contribution in [0.2, 0.25) is 0 Å². The largest absolute Gasteiger partial charge is 0.464 e. The lowest BCUT2D eigenvalue weighted by Gasteiger charge is -2.41. The molecule has 0 saturated heterocycles.